The molecule has 0 aliphatic carbocycles. The van der Waals surface area contributed by atoms with Crippen molar-refractivity contribution in [1.82, 2.24) is 8.56 Å². The van der Waals surface area contributed by atoms with Crippen molar-refractivity contribution in [2.75, 3.05) is 0 Å². The monoisotopic (exact) mass is 713 g/mol. The van der Waals surface area contributed by atoms with Gasteiger partial charge in [-0.15, -0.1) is 4.52 Å². The van der Waals surface area contributed by atoms with Crippen molar-refractivity contribution >= 4 is 93.1 Å². The lowest BCUT2D eigenvalue weighted by atomic mass is 10.3. The minimum atomic E-state index is -3.59. The van der Waals surface area contributed by atoms with Crippen molar-refractivity contribution in [2.24, 2.45) is 4.52 Å². The van der Waals surface area contributed by atoms with Crippen LogP contribution >= 0.6 is 93.1 Å². The van der Waals surface area contributed by atoms with Crippen LogP contribution in [0.3, 0.4) is 0 Å². The van der Waals surface area contributed by atoms with Crippen LogP contribution in [0.25, 0.3) is 0 Å². The van der Waals surface area contributed by atoms with Crippen molar-refractivity contribution in [1.29, 1.82) is 0 Å². The third-order valence-electron chi connectivity index (χ3n) is 4.90. The molecule has 0 aromatic heterocycles. The predicted molar refractivity (Wildman–Crippen MR) is 167 cm³/mol. The van der Waals surface area contributed by atoms with Crippen molar-refractivity contribution in [3.63, 3.8) is 0 Å². The van der Waals surface area contributed by atoms with E-state index < -0.39 is 23.7 Å². The first-order valence-electron chi connectivity index (χ1n) is 11.1. The molecule has 2 atom stereocenters. The van der Waals surface area contributed by atoms with E-state index in [1.54, 1.807) is 97.1 Å². The molecular formula is C24H16Cl6N3O4P3. The molecule has 0 spiro atoms. The van der Waals surface area contributed by atoms with Gasteiger partial charge in [0.25, 0.3) is 0 Å². The van der Waals surface area contributed by atoms with Crippen LogP contribution in [0.15, 0.2) is 102 Å². The Hall–Kier alpha value is -1.17. The fourth-order valence-corrected chi connectivity index (χ4v) is 12.2. The molecule has 1 aliphatic heterocycles. The maximum absolute atomic E-state index is 6.98. The van der Waals surface area contributed by atoms with Gasteiger partial charge in [-0.1, -0.05) is 61.6 Å². The lowest BCUT2D eigenvalue weighted by Gasteiger charge is -2.41. The lowest BCUT2D eigenvalue weighted by Crippen LogP contribution is -2.27. The van der Waals surface area contributed by atoms with E-state index in [-0.39, 0.29) is 0 Å². The molecule has 1 heterocycles. The summed E-state index contributed by atoms with van der Waals surface area (Å²) in [6.45, 7) is 0. The van der Waals surface area contributed by atoms with Gasteiger partial charge in [-0.05, 0) is 113 Å². The van der Waals surface area contributed by atoms with Crippen LogP contribution in [0.1, 0.15) is 0 Å². The molecule has 5 rings (SSSR count). The average Bonchev–Trinajstić information content (AvgIpc) is 2.94. The van der Waals surface area contributed by atoms with Gasteiger partial charge in [-0.25, -0.2) is 0 Å². The molecule has 40 heavy (non-hydrogen) atoms. The number of halogens is 6. The number of rotatable bonds is 8. The number of nitrogens with zero attached hydrogens (tertiary/aromatic N) is 3. The summed E-state index contributed by atoms with van der Waals surface area (Å²) < 4.78 is 26.6. The van der Waals surface area contributed by atoms with Gasteiger partial charge < -0.3 is 18.4 Å². The van der Waals surface area contributed by atoms with E-state index in [0.29, 0.717) is 43.1 Å². The molecule has 7 nitrogen and oxygen atoms in total. The first kappa shape index (κ1) is 30.3. The van der Waals surface area contributed by atoms with Crippen molar-refractivity contribution in [3.05, 3.63) is 117 Å². The number of hydrogen-bond acceptors (Lipinski definition) is 7. The predicted octanol–water partition coefficient (Wildman–Crippen LogP) is 12.2. The van der Waals surface area contributed by atoms with Gasteiger partial charge in [0, 0.05) is 20.1 Å². The Labute approximate surface area is 263 Å². The average molecular weight is 716 g/mol. The van der Waals surface area contributed by atoms with E-state index in [4.69, 9.17) is 92.3 Å². The molecule has 0 bridgehead atoms. The van der Waals surface area contributed by atoms with Crippen molar-refractivity contribution < 1.29 is 18.4 Å². The zero-order chi connectivity index (χ0) is 28.3. The quantitative estimate of drug-likeness (QED) is 0.134. The van der Waals surface area contributed by atoms with Gasteiger partial charge >= 0.3 is 16.1 Å². The van der Waals surface area contributed by atoms with E-state index in [1.807, 2.05) is 0 Å². The molecule has 2 unspecified atom stereocenters. The molecule has 0 amide bonds. The highest BCUT2D eigenvalue weighted by Gasteiger charge is 2.52. The second-order valence-corrected chi connectivity index (χ2v) is 16.6. The molecule has 0 radical (unpaired) electrons. The fraction of sp³-hybridized carbons (Fsp3) is 0. The summed E-state index contributed by atoms with van der Waals surface area (Å²) in [6.07, 6.45) is 0. The topological polar surface area (TPSA) is 55.8 Å². The Kier molecular flexibility index (Phi) is 10.2. The van der Waals surface area contributed by atoms with Crippen LogP contribution in [0.5, 0.6) is 23.0 Å². The zero-order valence-electron chi connectivity index (χ0n) is 19.8. The fourth-order valence-electron chi connectivity index (χ4n) is 3.07. The highest BCUT2D eigenvalue weighted by Crippen LogP contribution is 2.80. The van der Waals surface area contributed by atoms with Gasteiger partial charge in [0.2, 0.25) is 7.58 Å². The Morgan fingerprint density at radius 1 is 0.575 bits per heavy atom. The first-order valence-corrected chi connectivity index (χ1v) is 17.8. The Balaban J connectivity index is 1.61. The second kappa shape index (κ2) is 13.4. The normalized spacial score (nSPS) is 18.9. The highest BCUT2D eigenvalue weighted by atomic mass is 35.7. The summed E-state index contributed by atoms with van der Waals surface area (Å²) in [5.74, 6) is 1.69. The second-order valence-electron chi connectivity index (χ2n) is 7.75. The van der Waals surface area contributed by atoms with Crippen LogP contribution in [0.4, 0.5) is 0 Å². The molecule has 1 aliphatic rings. The molecule has 208 valence electrons. The third-order valence-corrected chi connectivity index (χ3v) is 15.0. The van der Waals surface area contributed by atoms with Gasteiger partial charge in [0.1, 0.15) is 23.0 Å². The molecule has 0 saturated heterocycles. The van der Waals surface area contributed by atoms with Gasteiger partial charge in [-0.2, -0.15) is 0 Å². The lowest BCUT2D eigenvalue weighted by molar-refractivity contribution is 0.129. The van der Waals surface area contributed by atoms with Crippen LogP contribution in [-0.2, 0) is 0 Å². The van der Waals surface area contributed by atoms with Crippen LogP contribution < -0.4 is 18.4 Å². The third kappa shape index (κ3) is 7.42. The van der Waals surface area contributed by atoms with E-state index in [9.17, 15) is 0 Å². The smallest absolute Gasteiger partial charge is 0.425 e. The van der Waals surface area contributed by atoms with E-state index in [0.717, 1.165) is 0 Å². The summed E-state index contributed by atoms with van der Waals surface area (Å²) in [5.41, 5.74) is 0. The van der Waals surface area contributed by atoms with Crippen molar-refractivity contribution in [2.45, 2.75) is 0 Å². The SMILES string of the molecule is Clc1ccc(ON2P(Oc3ccc(Cl)cc3)N=P(Oc3ccc(Cl)cc3)(Oc3ccc(Cl)cc3)N(Cl)P2Cl)cc1. The van der Waals surface area contributed by atoms with Gasteiger partial charge in [0.15, 0.2) is 0 Å². The molecule has 4 aromatic rings. The van der Waals surface area contributed by atoms with Crippen molar-refractivity contribution in [3.8, 4) is 23.0 Å². The summed E-state index contributed by atoms with van der Waals surface area (Å²) in [4.78, 5) is 6.13. The van der Waals surface area contributed by atoms with Crippen LogP contribution in [0, 0.1) is 0 Å². The Bertz CT molecular complexity index is 1450. The van der Waals surface area contributed by atoms with Crippen LogP contribution in [0.2, 0.25) is 20.1 Å². The summed E-state index contributed by atoms with van der Waals surface area (Å²) in [5, 5.41) is 2.13. The minimum Gasteiger partial charge on any atom is -0.437 e. The molecule has 4 aromatic carbocycles. The van der Waals surface area contributed by atoms with Crippen LogP contribution in [-0.4, -0.2) is 8.56 Å². The molecular weight excluding hydrogens is 700 g/mol. The molecule has 0 N–H and O–H groups in total. The zero-order valence-corrected chi connectivity index (χ0v) is 27.0. The van der Waals surface area contributed by atoms with E-state index in [1.165, 1.54) is 8.56 Å². The molecule has 0 fully saturated rings. The Morgan fingerprint density at radius 2 is 0.950 bits per heavy atom. The van der Waals surface area contributed by atoms with E-state index in [2.05, 4.69) is 0 Å². The summed E-state index contributed by atoms with van der Waals surface area (Å²) in [6, 6.07) is 26.9. The van der Waals surface area contributed by atoms with Gasteiger partial charge in [-0.3, -0.25) is 0 Å². The summed E-state index contributed by atoms with van der Waals surface area (Å²) in [7, 11) is -7.63. The first-order chi connectivity index (χ1) is 19.2. The van der Waals surface area contributed by atoms with E-state index >= 15 is 0 Å². The Morgan fingerprint density at radius 3 is 1.38 bits per heavy atom. The number of benzene rings is 4. The summed E-state index contributed by atoms with van der Waals surface area (Å²) >= 11 is 38.2. The maximum Gasteiger partial charge on any atom is 0.425 e. The largest absolute Gasteiger partial charge is 0.437 e. The standard InChI is InChI=1S/C24H16Cl6N3O4P3/c25-17-1-9-21(10-2-17)34-33-38(30)32(29)40(36-23-13-5-19(27)6-14-23,37-24-15-7-20(28)8-16-24)31-39(33)35-22-11-3-18(26)4-12-22/h1-16H. The molecule has 16 heteroatoms. The highest BCUT2D eigenvalue weighted by molar-refractivity contribution is 7.93. The minimum absolute atomic E-state index is 0.398. The van der Waals surface area contributed by atoms with Gasteiger partial charge in [0.05, 0.1) is 0 Å². The maximum atomic E-state index is 6.98. The number of hydrogen-bond donors (Lipinski definition) is 0. The molecule has 0 saturated carbocycles.